The maximum atomic E-state index is 13.1. The van der Waals surface area contributed by atoms with Crippen molar-refractivity contribution in [3.8, 4) is 0 Å². The first-order chi connectivity index (χ1) is 15.2. The second kappa shape index (κ2) is 8.35. The Morgan fingerprint density at radius 2 is 1.32 bits per heavy atom. The van der Waals surface area contributed by atoms with Crippen LogP contribution in [-0.2, 0) is 11.2 Å². The zero-order valence-electron chi connectivity index (χ0n) is 17.4. The summed E-state index contributed by atoms with van der Waals surface area (Å²) in [7, 11) is 0. The van der Waals surface area contributed by atoms with Gasteiger partial charge in [-0.05, 0) is 58.4 Å². The van der Waals surface area contributed by atoms with Gasteiger partial charge in [0.25, 0.3) is 0 Å². The Morgan fingerprint density at radius 3 is 1.90 bits per heavy atom. The topological polar surface area (TPSA) is 20.3 Å². The van der Waals surface area contributed by atoms with Gasteiger partial charge in [-0.3, -0.25) is 4.79 Å². The molecule has 5 rings (SSSR count). The van der Waals surface area contributed by atoms with Gasteiger partial charge in [0, 0.05) is 13.1 Å². The number of carbonyl (C=O) groups is 1. The zero-order chi connectivity index (χ0) is 21.2. The lowest BCUT2D eigenvalue weighted by molar-refractivity contribution is -0.130. The van der Waals surface area contributed by atoms with E-state index in [2.05, 4.69) is 60.7 Å². The summed E-state index contributed by atoms with van der Waals surface area (Å²) in [6.07, 6.45) is 6.45. The second-order valence-corrected chi connectivity index (χ2v) is 8.17. The van der Waals surface area contributed by atoms with E-state index in [1.165, 1.54) is 45.5 Å². The van der Waals surface area contributed by atoms with Gasteiger partial charge >= 0.3 is 0 Å². The van der Waals surface area contributed by atoms with E-state index < -0.39 is 0 Å². The Morgan fingerprint density at radius 1 is 0.774 bits per heavy atom. The number of rotatable bonds is 2. The average molecular weight is 410 g/mol. The lowest BCUT2D eigenvalue weighted by atomic mass is 9.86. The third kappa shape index (κ3) is 3.96. The van der Waals surface area contributed by atoms with Gasteiger partial charge in [0.2, 0.25) is 5.91 Å². The van der Waals surface area contributed by atoms with Crippen LogP contribution in [0.5, 0.6) is 0 Å². The van der Waals surface area contributed by atoms with E-state index in [4.69, 9.17) is 0 Å². The van der Waals surface area contributed by atoms with Crippen LogP contribution in [0.25, 0.3) is 17.7 Å². The molecular weight excluding hydrogens is 385 g/mol. The summed E-state index contributed by atoms with van der Waals surface area (Å²) >= 11 is 0. The summed E-state index contributed by atoms with van der Waals surface area (Å²) < 4.78 is 13.1. The van der Waals surface area contributed by atoms with Crippen molar-refractivity contribution in [3.63, 3.8) is 0 Å². The molecule has 0 N–H and O–H groups in total. The van der Waals surface area contributed by atoms with Gasteiger partial charge in [-0.15, -0.1) is 0 Å². The van der Waals surface area contributed by atoms with Gasteiger partial charge in [-0.2, -0.15) is 0 Å². The van der Waals surface area contributed by atoms with Crippen LogP contribution < -0.4 is 0 Å². The molecule has 1 aliphatic carbocycles. The molecule has 3 aromatic rings. The molecule has 3 aromatic carbocycles. The van der Waals surface area contributed by atoms with Crippen LogP contribution >= 0.6 is 0 Å². The Labute approximate surface area is 182 Å². The van der Waals surface area contributed by atoms with Crippen molar-refractivity contribution in [1.29, 1.82) is 0 Å². The van der Waals surface area contributed by atoms with E-state index in [-0.39, 0.29) is 11.7 Å². The summed E-state index contributed by atoms with van der Waals surface area (Å²) in [5, 5.41) is 0. The maximum Gasteiger partial charge on any atom is 0.227 e. The van der Waals surface area contributed by atoms with E-state index in [0.717, 1.165) is 31.5 Å². The molecule has 1 heterocycles. The fraction of sp³-hybridized carbons (Fsp3) is 0.179. The Bertz CT molecular complexity index is 1130. The molecule has 0 radical (unpaired) electrons. The maximum absolute atomic E-state index is 13.1. The van der Waals surface area contributed by atoms with Crippen LogP contribution in [0, 0.1) is 5.82 Å². The SMILES string of the molecule is O=C(Cc1ccc(F)cc1)N1CCC(=C2c3ccccc3C=Cc3ccccc32)CC1. The molecule has 0 unspecified atom stereocenters. The molecule has 0 saturated carbocycles. The average Bonchev–Trinajstić information content (AvgIpc) is 2.98. The van der Waals surface area contributed by atoms with Crippen molar-refractivity contribution < 1.29 is 9.18 Å². The number of halogens is 1. The summed E-state index contributed by atoms with van der Waals surface area (Å²) in [5.41, 5.74) is 8.59. The highest BCUT2D eigenvalue weighted by molar-refractivity contribution is 5.95. The molecule has 1 saturated heterocycles. The van der Waals surface area contributed by atoms with Crippen molar-refractivity contribution in [3.05, 3.63) is 112 Å². The van der Waals surface area contributed by atoms with Crippen molar-refractivity contribution in [2.45, 2.75) is 19.3 Å². The minimum Gasteiger partial charge on any atom is -0.342 e. The molecule has 2 nitrogen and oxygen atoms in total. The van der Waals surface area contributed by atoms with Gasteiger partial charge in [-0.1, -0.05) is 78.4 Å². The van der Waals surface area contributed by atoms with E-state index in [9.17, 15) is 9.18 Å². The first kappa shape index (κ1) is 19.5. The quantitative estimate of drug-likeness (QED) is 0.399. The number of fused-ring (bicyclic) bond motifs is 2. The minimum atomic E-state index is -0.274. The first-order valence-electron chi connectivity index (χ1n) is 10.8. The summed E-state index contributed by atoms with van der Waals surface area (Å²) in [5.74, 6) is -0.164. The molecule has 3 heteroatoms. The number of nitrogens with zero attached hydrogens (tertiary/aromatic N) is 1. The van der Waals surface area contributed by atoms with E-state index >= 15 is 0 Å². The fourth-order valence-electron chi connectivity index (χ4n) is 4.61. The number of hydrogen-bond acceptors (Lipinski definition) is 1. The van der Waals surface area contributed by atoms with E-state index in [1.807, 2.05) is 4.90 Å². The molecule has 1 fully saturated rings. The summed E-state index contributed by atoms with van der Waals surface area (Å²) in [4.78, 5) is 14.7. The normalized spacial score (nSPS) is 15.3. The van der Waals surface area contributed by atoms with Crippen molar-refractivity contribution in [2.75, 3.05) is 13.1 Å². The predicted molar refractivity (Wildman–Crippen MR) is 124 cm³/mol. The zero-order valence-corrected chi connectivity index (χ0v) is 17.4. The highest BCUT2D eigenvalue weighted by atomic mass is 19.1. The molecule has 2 aliphatic rings. The molecule has 0 atom stereocenters. The summed E-state index contributed by atoms with van der Waals surface area (Å²) in [6, 6.07) is 23.3. The highest BCUT2D eigenvalue weighted by Gasteiger charge is 2.24. The molecule has 0 aromatic heterocycles. The van der Waals surface area contributed by atoms with Gasteiger partial charge in [0.15, 0.2) is 0 Å². The molecule has 0 bridgehead atoms. The molecule has 154 valence electrons. The molecular formula is C28H24FNO. The van der Waals surface area contributed by atoms with Crippen LogP contribution in [0.4, 0.5) is 4.39 Å². The van der Waals surface area contributed by atoms with Crippen LogP contribution in [0.2, 0.25) is 0 Å². The highest BCUT2D eigenvalue weighted by Crippen LogP contribution is 2.38. The second-order valence-electron chi connectivity index (χ2n) is 8.17. The number of carbonyl (C=O) groups excluding carboxylic acids is 1. The third-order valence-corrected chi connectivity index (χ3v) is 6.24. The Hall–Kier alpha value is -3.46. The molecule has 1 amide bonds. The number of hydrogen-bond donors (Lipinski definition) is 0. The number of likely N-dealkylation sites (tertiary alicyclic amines) is 1. The van der Waals surface area contributed by atoms with Crippen LogP contribution in [0.1, 0.15) is 40.7 Å². The smallest absolute Gasteiger partial charge is 0.227 e. The van der Waals surface area contributed by atoms with Crippen molar-refractivity contribution in [2.24, 2.45) is 0 Å². The van der Waals surface area contributed by atoms with E-state index in [0.29, 0.717) is 6.42 Å². The van der Waals surface area contributed by atoms with Crippen LogP contribution in [-0.4, -0.2) is 23.9 Å². The Kier molecular flexibility index (Phi) is 5.25. The predicted octanol–water partition coefficient (Wildman–Crippen LogP) is 5.98. The van der Waals surface area contributed by atoms with Crippen molar-refractivity contribution >= 4 is 23.6 Å². The summed E-state index contributed by atoms with van der Waals surface area (Å²) in [6.45, 7) is 1.44. The van der Waals surface area contributed by atoms with Gasteiger partial charge in [-0.25, -0.2) is 4.39 Å². The first-order valence-corrected chi connectivity index (χ1v) is 10.8. The van der Waals surface area contributed by atoms with Crippen LogP contribution in [0.15, 0.2) is 78.4 Å². The molecule has 0 spiro atoms. The molecule has 31 heavy (non-hydrogen) atoms. The van der Waals surface area contributed by atoms with E-state index in [1.54, 1.807) is 12.1 Å². The van der Waals surface area contributed by atoms with Gasteiger partial charge in [0.1, 0.15) is 5.82 Å². The third-order valence-electron chi connectivity index (χ3n) is 6.24. The lowest BCUT2D eigenvalue weighted by Gasteiger charge is -2.31. The van der Waals surface area contributed by atoms with Crippen molar-refractivity contribution in [1.82, 2.24) is 4.90 Å². The van der Waals surface area contributed by atoms with Gasteiger partial charge < -0.3 is 4.90 Å². The standard InChI is InChI=1S/C28H24FNO/c29-24-13-9-20(10-14-24)19-27(31)30-17-15-23(16-18-30)28-25-7-3-1-5-21(25)11-12-22-6-2-4-8-26(22)28/h1-14H,15-19H2. The van der Waals surface area contributed by atoms with Gasteiger partial charge in [0.05, 0.1) is 6.42 Å². The number of piperidine rings is 1. The lowest BCUT2D eigenvalue weighted by Crippen LogP contribution is -2.37. The Balaban J connectivity index is 1.41. The fourth-order valence-corrected chi connectivity index (χ4v) is 4.61. The molecule has 1 aliphatic heterocycles. The number of amides is 1. The monoisotopic (exact) mass is 409 g/mol. The van der Waals surface area contributed by atoms with Crippen LogP contribution in [0.3, 0.4) is 0 Å². The largest absolute Gasteiger partial charge is 0.342 e. The number of benzene rings is 3. The minimum absolute atomic E-state index is 0.110.